The van der Waals surface area contributed by atoms with Gasteiger partial charge in [-0.25, -0.2) is 0 Å². The van der Waals surface area contributed by atoms with Gasteiger partial charge in [-0.05, 0) is 12.1 Å². The molecular formula is C10H12BrNO2. The van der Waals surface area contributed by atoms with Gasteiger partial charge in [0.2, 0.25) is 0 Å². The van der Waals surface area contributed by atoms with Crippen LogP contribution in [-0.2, 0) is 0 Å². The SMILES string of the molecule is COc1cc(Br)cc2c1C(N)CCO2. The van der Waals surface area contributed by atoms with Gasteiger partial charge in [-0.3, -0.25) is 0 Å². The van der Waals surface area contributed by atoms with E-state index in [2.05, 4.69) is 15.9 Å². The highest BCUT2D eigenvalue weighted by molar-refractivity contribution is 9.10. The lowest BCUT2D eigenvalue weighted by atomic mass is 10.0. The lowest BCUT2D eigenvalue weighted by Crippen LogP contribution is -2.21. The minimum absolute atomic E-state index is 0.0156. The van der Waals surface area contributed by atoms with E-state index in [0.29, 0.717) is 6.61 Å². The summed E-state index contributed by atoms with van der Waals surface area (Å²) in [7, 11) is 1.64. The first kappa shape index (κ1) is 9.80. The highest BCUT2D eigenvalue weighted by Gasteiger charge is 2.22. The summed E-state index contributed by atoms with van der Waals surface area (Å²) in [4.78, 5) is 0. The quantitative estimate of drug-likeness (QED) is 0.840. The van der Waals surface area contributed by atoms with E-state index in [0.717, 1.165) is 28.0 Å². The van der Waals surface area contributed by atoms with Crippen LogP contribution < -0.4 is 15.2 Å². The highest BCUT2D eigenvalue weighted by Crippen LogP contribution is 2.40. The van der Waals surface area contributed by atoms with Crippen LogP contribution in [0.15, 0.2) is 16.6 Å². The van der Waals surface area contributed by atoms with E-state index >= 15 is 0 Å². The molecule has 2 N–H and O–H groups in total. The monoisotopic (exact) mass is 257 g/mol. The molecule has 0 bridgehead atoms. The number of ether oxygens (including phenoxy) is 2. The van der Waals surface area contributed by atoms with Crippen LogP contribution in [0.1, 0.15) is 18.0 Å². The van der Waals surface area contributed by atoms with Gasteiger partial charge in [0.05, 0.1) is 19.3 Å². The molecule has 0 aromatic heterocycles. The van der Waals surface area contributed by atoms with Crippen molar-refractivity contribution in [2.75, 3.05) is 13.7 Å². The van der Waals surface area contributed by atoms with Crippen LogP contribution in [-0.4, -0.2) is 13.7 Å². The molecule has 4 heteroatoms. The van der Waals surface area contributed by atoms with Crippen molar-refractivity contribution in [3.05, 3.63) is 22.2 Å². The number of nitrogens with two attached hydrogens (primary N) is 1. The van der Waals surface area contributed by atoms with Crippen LogP contribution in [0.25, 0.3) is 0 Å². The predicted molar refractivity (Wildman–Crippen MR) is 57.7 cm³/mol. The zero-order valence-electron chi connectivity index (χ0n) is 7.92. The van der Waals surface area contributed by atoms with E-state index < -0.39 is 0 Å². The van der Waals surface area contributed by atoms with Crippen molar-refractivity contribution in [2.24, 2.45) is 5.73 Å². The summed E-state index contributed by atoms with van der Waals surface area (Å²) in [6, 6.07) is 3.85. The zero-order valence-corrected chi connectivity index (χ0v) is 9.50. The van der Waals surface area contributed by atoms with Gasteiger partial charge in [0, 0.05) is 16.9 Å². The van der Waals surface area contributed by atoms with Gasteiger partial charge in [0.1, 0.15) is 11.5 Å². The van der Waals surface area contributed by atoms with E-state index in [-0.39, 0.29) is 6.04 Å². The Morgan fingerprint density at radius 2 is 2.36 bits per heavy atom. The first-order valence-electron chi connectivity index (χ1n) is 4.48. The van der Waals surface area contributed by atoms with Gasteiger partial charge < -0.3 is 15.2 Å². The molecule has 1 heterocycles. The van der Waals surface area contributed by atoms with Crippen LogP contribution in [0.5, 0.6) is 11.5 Å². The average molecular weight is 258 g/mol. The molecule has 0 spiro atoms. The summed E-state index contributed by atoms with van der Waals surface area (Å²) in [5, 5.41) is 0. The van der Waals surface area contributed by atoms with Crippen molar-refractivity contribution in [3.63, 3.8) is 0 Å². The Bertz CT molecular complexity index is 337. The summed E-state index contributed by atoms with van der Waals surface area (Å²) in [5.41, 5.74) is 6.97. The molecule has 0 amide bonds. The maximum Gasteiger partial charge on any atom is 0.128 e. The van der Waals surface area contributed by atoms with Gasteiger partial charge in [-0.2, -0.15) is 0 Å². The Balaban J connectivity index is 2.55. The Hall–Kier alpha value is -0.740. The normalized spacial score (nSPS) is 19.8. The summed E-state index contributed by atoms with van der Waals surface area (Å²) in [5.74, 6) is 1.62. The number of fused-ring (bicyclic) bond motifs is 1. The van der Waals surface area contributed by atoms with Crippen LogP contribution in [0.2, 0.25) is 0 Å². The molecule has 1 aromatic carbocycles. The lowest BCUT2D eigenvalue weighted by Gasteiger charge is -2.25. The number of halogens is 1. The van der Waals surface area contributed by atoms with Gasteiger partial charge >= 0.3 is 0 Å². The molecule has 0 radical (unpaired) electrons. The minimum Gasteiger partial charge on any atom is -0.496 e. The van der Waals surface area contributed by atoms with Crippen LogP contribution in [0, 0.1) is 0 Å². The fraction of sp³-hybridized carbons (Fsp3) is 0.400. The van der Waals surface area contributed by atoms with E-state index in [4.69, 9.17) is 15.2 Å². The zero-order chi connectivity index (χ0) is 10.1. The molecule has 1 unspecified atom stereocenters. The molecule has 1 atom stereocenters. The van der Waals surface area contributed by atoms with Gasteiger partial charge in [-0.1, -0.05) is 15.9 Å². The van der Waals surface area contributed by atoms with E-state index in [1.807, 2.05) is 12.1 Å². The van der Waals surface area contributed by atoms with Crippen LogP contribution >= 0.6 is 15.9 Å². The van der Waals surface area contributed by atoms with Crippen LogP contribution in [0.3, 0.4) is 0 Å². The number of benzene rings is 1. The van der Waals surface area contributed by atoms with E-state index in [9.17, 15) is 0 Å². The third kappa shape index (κ3) is 1.60. The molecule has 1 aliphatic heterocycles. The molecule has 14 heavy (non-hydrogen) atoms. The second kappa shape index (κ2) is 3.79. The number of hydrogen-bond donors (Lipinski definition) is 1. The van der Waals surface area contributed by atoms with Gasteiger partial charge in [0.15, 0.2) is 0 Å². The molecule has 0 saturated carbocycles. The molecule has 0 saturated heterocycles. The van der Waals surface area contributed by atoms with E-state index in [1.54, 1.807) is 7.11 Å². The molecule has 0 fully saturated rings. The molecule has 1 aromatic rings. The summed E-state index contributed by atoms with van der Waals surface area (Å²) >= 11 is 3.40. The molecule has 3 nitrogen and oxygen atoms in total. The maximum atomic E-state index is 6.00. The highest BCUT2D eigenvalue weighted by atomic mass is 79.9. The molecule has 0 aliphatic carbocycles. The lowest BCUT2D eigenvalue weighted by molar-refractivity contribution is 0.262. The van der Waals surface area contributed by atoms with Crippen molar-refractivity contribution in [1.29, 1.82) is 0 Å². The van der Waals surface area contributed by atoms with Crippen LogP contribution in [0.4, 0.5) is 0 Å². The summed E-state index contributed by atoms with van der Waals surface area (Å²) < 4.78 is 11.7. The van der Waals surface area contributed by atoms with Crippen molar-refractivity contribution in [3.8, 4) is 11.5 Å². The number of hydrogen-bond acceptors (Lipinski definition) is 3. The fourth-order valence-corrected chi connectivity index (χ4v) is 2.08. The largest absolute Gasteiger partial charge is 0.496 e. The number of rotatable bonds is 1. The summed E-state index contributed by atoms with van der Waals surface area (Å²) in [6.45, 7) is 0.674. The van der Waals surface area contributed by atoms with Crippen molar-refractivity contribution >= 4 is 15.9 Å². The first-order chi connectivity index (χ1) is 6.72. The fourth-order valence-electron chi connectivity index (χ4n) is 1.66. The average Bonchev–Trinajstić information content (AvgIpc) is 2.16. The molecule has 76 valence electrons. The first-order valence-corrected chi connectivity index (χ1v) is 5.27. The van der Waals surface area contributed by atoms with Gasteiger partial charge in [-0.15, -0.1) is 0 Å². The van der Waals surface area contributed by atoms with Crippen molar-refractivity contribution in [2.45, 2.75) is 12.5 Å². The Morgan fingerprint density at radius 1 is 1.57 bits per heavy atom. The van der Waals surface area contributed by atoms with E-state index in [1.165, 1.54) is 0 Å². The Labute approximate surface area is 91.3 Å². The number of methoxy groups -OCH3 is 1. The van der Waals surface area contributed by atoms with Gasteiger partial charge in [0.25, 0.3) is 0 Å². The minimum atomic E-state index is 0.0156. The second-order valence-electron chi connectivity index (χ2n) is 3.26. The second-order valence-corrected chi connectivity index (χ2v) is 4.18. The standard InChI is InChI=1S/C10H12BrNO2/c1-13-8-4-6(11)5-9-10(8)7(12)2-3-14-9/h4-5,7H,2-3,12H2,1H3. The predicted octanol–water partition coefficient (Wildman–Crippen LogP) is 2.24. The molecular weight excluding hydrogens is 246 g/mol. The van der Waals surface area contributed by atoms with Crippen molar-refractivity contribution < 1.29 is 9.47 Å². The molecule has 1 aliphatic rings. The summed E-state index contributed by atoms with van der Waals surface area (Å²) in [6.07, 6.45) is 0.838. The maximum absolute atomic E-state index is 6.00. The third-order valence-electron chi connectivity index (χ3n) is 2.35. The Kier molecular flexibility index (Phi) is 2.65. The molecule has 2 rings (SSSR count). The smallest absolute Gasteiger partial charge is 0.128 e. The third-order valence-corrected chi connectivity index (χ3v) is 2.80. The topological polar surface area (TPSA) is 44.5 Å². The van der Waals surface area contributed by atoms with Crippen molar-refractivity contribution in [1.82, 2.24) is 0 Å². The Morgan fingerprint density at radius 3 is 3.07 bits per heavy atom.